The van der Waals surface area contributed by atoms with E-state index in [1.54, 1.807) is 0 Å². The van der Waals surface area contributed by atoms with Gasteiger partial charge in [0.05, 0.1) is 22.9 Å². The van der Waals surface area contributed by atoms with Crippen molar-refractivity contribution < 1.29 is 9.53 Å². The zero-order valence-electron chi connectivity index (χ0n) is 13.5. The molecule has 1 atom stereocenters. The molecule has 2 aromatic rings. The fourth-order valence-electron chi connectivity index (χ4n) is 2.74. The lowest BCUT2D eigenvalue weighted by molar-refractivity contribution is -0.119. The lowest BCUT2D eigenvalue weighted by atomic mass is 10.1. The van der Waals surface area contributed by atoms with E-state index in [1.165, 1.54) is 11.8 Å². The number of rotatable bonds is 5. The maximum atomic E-state index is 12.0. The van der Waals surface area contributed by atoms with Gasteiger partial charge in [0.2, 0.25) is 5.91 Å². The third kappa shape index (κ3) is 3.86. The Bertz CT molecular complexity index is 795. The number of hydrogen-bond acceptors (Lipinski definition) is 5. The summed E-state index contributed by atoms with van der Waals surface area (Å²) in [4.78, 5) is 16.6. The Labute approximate surface area is 145 Å². The second-order valence-corrected chi connectivity index (χ2v) is 6.79. The molecule has 1 saturated heterocycles. The van der Waals surface area contributed by atoms with Crippen LogP contribution in [0.1, 0.15) is 24.0 Å². The third-order valence-corrected chi connectivity index (χ3v) is 5.02. The topological polar surface area (TPSA) is 75.0 Å². The van der Waals surface area contributed by atoms with Gasteiger partial charge in [-0.2, -0.15) is 5.26 Å². The molecule has 1 aliphatic rings. The number of benzene rings is 1. The number of hydrogen-bond donors (Lipinski definition) is 1. The highest BCUT2D eigenvalue weighted by molar-refractivity contribution is 8.00. The first-order chi connectivity index (χ1) is 11.7. The quantitative estimate of drug-likeness (QED) is 0.847. The largest absolute Gasteiger partial charge is 0.376 e. The zero-order chi connectivity index (χ0) is 16.9. The highest BCUT2D eigenvalue weighted by atomic mass is 32.2. The van der Waals surface area contributed by atoms with E-state index in [-0.39, 0.29) is 17.8 Å². The molecule has 1 aromatic carbocycles. The van der Waals surface area contributed by atoms with Crippen LogP contribution in [0, 0.1) is 18.3 Å². The van der Waals surface area contributed by atoms with E-state index in [9.17, 15) is 10.1 Å². The number of fused-ring (bicyclic) bond motifs is 1. The van der Waals surface area contributed by atoms with E-state index in [1.807, 2.05) is 31.2 Å². The summed E-state index contributed by atoms with van der Waals surface area (Å²) in [5.41, 5.74) is 2.44. The van der Waals surface area contributed by atoms with Crippen molar-refractivity contribution >= 4 is 28.6 Å². The fraction of sp³-hybridized carbons (Fsp3) is 0.389. The van der Waals surface area contributed by atoms with Crippen LogP contribution in [0.15, 0.2) is 29.3 Å². The molecule has 1 N–H and O–H groups in total. The predicted molar refractivity (Wildman–Crippen MR) is 93.9 cm³/mol. The van der Waals surface area contributed by atoms with Gasteiger partial charge in [-0.05, 0) is 31.4 Å². The first-order valence-electron chi connectivity index (χ1n) is 7.99. The van der Waals surface area contributed by atoms with Crippen LogP contribution in [-0.4, -0.2) is 35.9 Å². The summed E-state index contributed by atoms with van der Waals surface area (Å²) in [5.74, 6) is 0.178. The maximum Gasteiger partial charge on any atom is 0.230 e. The molecule has 2 heterocycles. The number of nitrogens with zero attached hydrogens (tertiary/aromatic N) is 2. The second kappa shape index (κ2) is 7.65. The van der Waals surface area contributed by atoms with Crippen molar-refractivity contribution in [2.45, 2.75) is 30.9 Å². The molecule has 1 amide bonds. The van der Waals surface area contributed by atoms with E-state index >= 15 is 0 Å². The molecular formula is C18H19N3O2S. The lowest BCUT2D eigenvalue weighted by Gasteiger charge is -2.11. The molecule has 0 radical (unpaired) electrons. The minimum absolute atomic E-state index is 0.0638. The Morgan fingerprint density at radius 3 is 3.17 bits per heavy atom. The van der Waals surface area contributed by atoms with Crippen LogP contribution in [0.5, 0.6) is 0 Å². The van der Waals surface area contributed by atoms with E-state index in [0.29, 0.717) is 17.1 Å². The van der Waals surface area contributed by atoms with Gasteiger partial charge >= 0.3 is 0 Å². The van der Waals surface area contributed by atoms with E-state index < -0.39 is 0 Å². The normalized spacial score (nSPS) is 16.9. The molecule has 3 rings (SSSR count). The molecule has 1 aliphatic heterocycles. The van der Waals surface area contributed by atoms with Crippen molar-refractivity contribution in [2.24, 2.45) is 0 Å². The number of thioether (sulfide) groups is 1. The molecular weight excluding hydrogens is 322 g/mol. The summed E-state index contributed by atoms with van der Waals surface area (Å²) in [5, 5.41) is 13.8. The van der Waals surface area contributed by atoms with Crippen LogP contribution in [0.2, 0.25) is 0 Å². The van der Waals surface area contributed by atoms with Crippen LogP contribution in [0.25, 0.3) is 10.9 Å². The van der Waals surface area contributed by atoms with Gasteiger partial charge < -0.3 is 10.1 Å². The molecule has 5 nitrogen and oxygen atoms in total. The maximum absolute atomic E-state index is 12.0. The van der Waals surface area contributed by atoms with E-state index in [0.717, 1.165) is 35.9 Å². The van der Waals surface area contributed by atoms with Crippen LogP contribution in [0.3, 0.4) is 0 Å². The number of ether oxygens (including phenoxy) is 1. The highest BCUT2D eigenvalue weighted by Gasteiger charge is 2.16. The monoisotopic (exact) mass is 341 g/mol. The summed E-state index contributed by atoms with van der Waals surface area (Å²) in [6.07, 6.45) is 2.19. The highest BCUT2D eigenvalue weighted by Crippen LogP contribution is 2.26. The van der Waals surface area contributed by atoms with Crippen LogP contribution >= 0.6 is 11.8 Å². The first kappa shape index (κ1) is 16.7. The molecule has 1 fully saturated rings. The smallest absolute Gasteiger partial charge is 0.230 e. The number of aryl methyl sites for hydroxylation is 1. The Hall–Kier alpha value is -2.10. The van der Waals surface area contributed by atoms with E-state index in [2.05, 4.69) is 16.4 Å². The molecule has 0 spiro atoms. The molecule has 0 aliphatic carbocycles. The molecule has 6 heteroatoms. The zero-order valence-corrected chi connectivity index (χ0v) is 14.4. The molecule has 24 heavy (non-hydrogen) atoms. The fourth-order valence-corrected chi connectivity index (χ4v) is 3.52. The van der Waals surface area contributed by atoms with Gasteiger partial charge in [-0.15, -0.1) is 0 Å². The van der Waals surface area contributed by atoms with E-state index in [4.69, 9.17) is 4.74 Å². The minimum Gasteiger partial charge on any atom is -0.376 e. The average Bonchev–Trinajstić information content (AvgIpc) is 3.11. The van der Waals surface area contributed by atoms with Gasteiger partial charge in [-0.1, -0.05) is 30.0 Å². The summed E-state index contributed by atoms with van der Waals surface area (Å²) in [7, 11) is 0. The number of nitrogens with one attached hydrogen (secondary N) is 1. The van der Waals surface area contributed by atoms with Crippen molar-refractivity contribution in [1.82, 2.24) is 10.3 Å². The molecule has 0 saturated carbocycles. The summed E-state index contributed by atoms with van der Waals surface area (Å²) in [6, 6.07) is 9.89. The predicted octanol–water partition coefficient (Wildman–Crippen LogP) is 2.80. The number of para-hydroxylation sites is 1. The SMILES string of the molecule is Cc1cccc2cc(C#N)c(SCC(=O)NC[C@@H]3CCCO3)nc12. The van der Waals surface area contributed by atoms with Crippen molar-refractivity contribution in [1.29, 1.82) is 5.26 Å². The van der Waals surface area contributed by atoms with Gasteiger partial charge in [0.25, 0.3) is 0 Å². The number of aromatic nitrogens is 1. The standard InChI is InChI=1S/C18H19N3O2S/c1-12-4-2-5-13-8-14(9-19)18(21-17(12)13)24-11-16(22)20-10-15-6-3-7-23-15/h2,4-5,8,15H,3,6-7,10-11H2,1H3,(H,20,22)/t15-/m0/s1. The number of carbonyl (C=O) groups excluding carboxylic acids is 1. The Balaban J connectivity index is 1.66. The van der Waals surface area contributed by atoms with Gasteiger partial charge in [0.1, 0.15) is 11.1 Å². The summed E-state index contributed by atoms with van der Waals surface area (Å²) in [6.45, 7) is 3.32. The van der Waals surface area contributed by atoms with Gasteiger partial charge in [0, 0.05) is 18.5 Å². The lowest BCUT2D eigenvalue weighted by Crippen LogP contribution is -2.32. The Kier molecular flexibility index (Phi) is 5.34. The Morgan fingerprint density at radius 2 is 2.42 bits per heavy atom. The summed E-state index contributed by atoms with van der Waals surface area (Å²) < 4.78 is 5.49. The Morgan fingerprint density at radius 1 is 1.54 bits per heavy atom. The summed E-state index contributed by atoms with van der Waals surface area (Å²) >= 11 is 1.30. The van der Waals surface area contributed by atoms with Gasteiger partial charge in [-0.3, -0.25) is 4.79 Å². The molecule has 0 bridgehead atoms. The number of nitriles is 1. The van der Waals surface area contributed by atoms with Crippen LogP contribution < -0.4 is 5.32 Å². The van der Waals surface area contributed by atoms with Crippen LogP contribution in [0.4, 0.5) is 0 Å². The number of amides is 1. The van der Waals surface area contributed by atoms with Gasteiger partial charge in [-0.25, -0.2) is 4.98 Å². The van der Waals surface area contributed by atoms with Gasteiger partial charge in [0.15, 0.2) is 0 Å². The second-order valence-electron chi connectivity index (χ2n) is 5.83. The van der Waals surface area contributed by atoms with Crippen molar-refractivity contribution in [3.63, 3.8) is 0 Å². The molecule has 1 aromatic heterocycles. The van der Waals surface area contributed by atoms with Crippen molar-refractivity contribution in [2.75, 3.05) is 18.9 Å². The number of pyridine rings is 1. The van der Waals surface area contributed by atoms with Crippen LogP contribution in [-0.2, 0) is 9.53 Å². The third-order valence-electron chi connectivity index (χ3n) is 4.02. The first-order valence-corrected chi connectivity index (χ1v) is 8.97. The molecule has 0 unspecified atom stereocenters. The van der Waals surface area contributed by atoms with Crippen molar-refractivity contribution in [3.8, 4) is 6.07 Å². The van der Waals surface area contributed by atoms with Crippen molar-refractivity contribution in [3.05, 3.63) is 35.4 Å². The number of carbonyl (C=O) groups is 1. The average molecular weight is 341 g/mol. The minimum atomic E-state index is -0.0638. The molecule has 124 valence electrons.